The Bertz CT molecular complexity index is 492. The molecule has 0 aliphatic carbocycles. The van der Waals surface area contributed by atoms with Gasteiger partial charge >= 0.3 is 5.69 Å². The maximum absolute atomic E-state index is 10.9. The van der Waals surface area contributed by atoms with Crippen LogP contribution in [0, 0.1) is 0 Å². The SMILES string of the molecule is COc1nccc2cnc(=O)[nH]c12. The molecule has 0 radical (unpaired) electrons. The summed E-state index contributed by atoms with van der Waals surface area (Å²) in [4.78, 5) is 21.0. The fourth-order valence-electron chi connectivity index (χ4n) is 1.11. The first-order valence-corrected chi connectivity index (χ1v) is 3.69. The highest BCUT2D eigenvalue weighted by Crippen LogP contribution is 2.17. The largest absolute Gasteiger partial charge is 0.479 e. The molecule has 13 heavy (non-hydrogen) atoms. The summed E-state index contributed by atoms with van der Waals surface area (Å²) in [6.45, 7) is 0. The predicted molar refractivity (Wildman–Crippen MR) is 46.7 cm³/mol. The van der Waals surface area contributed by atoms with Crippen molar-refractivity contribution in [1.29, 1.82) is 0 Å². The summed E-state index contributed by atoms with van der Waals surface area (Å²) in [5, 5.41) is 0.798. The van der Waals surface area contributed by atoms with Crippen molar-refractivity contribution in [2.75, 3.05) is 7.11 Å². The third-order valence-corrected chi connectivity index (χ3v) is 1.69. The van der Waals surface area contributed by atoms with E-state index in [1.54, 1.807) is 12.3 Å². The lowest BCUT2D eigenvalue weighted by Crippen LogP contribution is -2.09. The minimum Gasteiger partial charge on any atom is -0.479 e. The van der Waals surface area contributed by atoms with Crippen LogP contribution in [0.4, 0.5) is 0 Å². The summed E-state index contributed by atoms with van der Waals surface area (Å²) in [5.74, 6) is 0.400. The summed E-state index contributed by atoms with van der Waals surface area (Å²) in [5.41, 5.74) is 0.170. The van der Waals surface area contributed by atoms with E-state index >= 15 is 0 Å². The minimum atomic E-state index is -0.404. The number of nitrogens with one attached hydrogen (secondary N) is 1. The minimum absolute atomic E-state index is 0.400. The van der Waals surface area contributed by atoms with Crippen LogP contribution in [0.25, 0.3) is 10.9 Å². The molecular formula is C8H7N3O2. The molecule has 0 saturated heterocycles. The first-order valence-electron chi connectivity index (χ1n) is 3.69. The van der Waals surface area contributed by atoms with Gasteiger partial charge in [0.15, 0.2) is 0 Å². The zero-order chi connectivity index (χ0) is 9.26. The normalized spacial score (nSPS) is 10.2. The van der Waals surface area contributed by atoms with Crippen molar-refractivity contribution in [3.05, 3.63) is 28.9 Å². The molecule has 0 spiro atoms. The maximum Gasteiger partial charge on any atom is 0.345 e. The van der Waals surface area contributed by atoms with Crippen molar-refractivity contribution >= 4 is 10.9 Å². The monoisotopic (exact) mass is 177 g/mol. The molecule has 0 unspecified atom stereocenters. The summed E-state index contributed by atoms with van der Waals surface area (Å²) >= 11 is 0. The highest BCUT2D eigenvalue weighted by Gasteiger charge is 2.02. The summed E-state index contributed by atoms with van der Waals surface area (Å²) in [7, 11) is 1.50. The average Bonchev–Trinajstić information content (AvgIpc) is 2.17. The number of hydrogen-bond donors (Lipinski definition) is 1. The second-order valence-corrected chi connectivity index (χ2v) is 2.47. The highest BCUT2D eigenvalue weighted by atomic mass is 16.5. The Kier molecular flexibility index (Phi) is 1.70. The van der Waals surface area contributed by atoms with Crippen molar-refractivity contribution in [2.24, 2.45) is 0 Å². The van der Waals surface area contributed by atoms with Gasteiger partial charge < -0.3 is 9.72 Å². The molecule has 0 saturated carbocycles. The molecule has 0 fully saturated rings. The lowest BCUT2D eigenvalue weighted by molar-refractivity contribution is 0.402. The number of pyridine rings is 1. The Hall–Kier alpha value is -1.91. The second-order valence-electron chi connectivity index (χ2n) is 2.47. The number of hydrogen-bond acceptors (Lipinski definition) is 4. The number of aromatic amines is 1. The first-order chi connectivity index (χ1) is 6.31. The third kappa shape index (κ3) is 1.24. The van der Waals surface area contributed by atoms with E-state index in [0.717, 1.165) is 5.39 Å². The molecule has 2 rings (SSSR count). The molecule has 0 bridgehead atoms. The van der Waals surface area contributed by atoms with Crippen LogP contribution in [0.5, 0.6) is 5.88 Å². The molecule has 2 aromatic heterocycles. The fraction of sp³-hybridized carbons (Fsp3) is 0.125. The number of aromatic nitrogens is 3. The van der Waals surface area contributed by atoms with E-state index in [1.165, 1.54) is 13.3 Å². The molecule has 0 atom stereocenters. The zero-order valence-corrected chi connectivity index (χ0v) is 6.94. The second kappa shape index (κ2) is 2.85. The van der Waals surface area contributed by atoms with E-state index in [-0.39, 0.29) is 0 Å². The van der Waals surface area contributed by atoms with Crippen molar-refractivity contribution in [3.63, 3.8) is 0 Å². The Morgan fingerprint density at radius 2 is 2.31 bits per heavy atom. The van der Waals surface area contributed by atoms with E-state index in [2.05, 4.69) is 15.0 Å². The van der Waals surface area contributed by atoms with Gasteiger partial charge in [0.25, 0.3) is 0 Å². The van der Waals surface area contributed by atoms with Crippen LogP contribution < -0.4 is 10.4 Å². The Morgan fingerprint density at radius 1 is 1.46 bits per heavy atom. The van der Waals surface area contributed by atoms with Gasteiger partial charge in [-0.15, -0.1) is 0 Å². The lowest BCUT2D eigenvalue weighted by Gasteiger charge is -2.01. The molecule has 2 aromatic rings. The van der Waals surface area contributed by atoms with Crippen LogP contribution in [0.15, 0.2) is 23.3 Å². The van der Waals surface area contributed by atoms with Crippen molar-refractivity contribution in [3.8, 4) is 5.88 Å². The molecule has 0 amide bonds. The van der Waals surface area contributed by atoms with Crippen molar-refractivity contribution in [1.82, 2.24) is 15.0 Å². The van der Waals surface area contributed by atoms with Gasteiger partial charge in [0.2, 0.25) is 5.88 Å². The van der Waals surface area contributed by atoms with Crippen LogP contribution >= 0.6 is 0 Å². The molecule has 66 valence electrons. The molecule has 0 aliphatic rings. The van der Waals surface area contributed by atoms with Gasteiger partial charge in [-0.2, -0.15) is 0 Å². The third-order valence-electron chi connectivity index (χ3n) is 1.69. The summed E-state index contributed by atoms with van der Waals surface area (Å²) in [6.07, 6.45) is 3.08. The zero-order valence-electron chi connectivity index (χ0n) is 6.94. The van der Waals surface area contributed by atoms with Crippen LogP contribution in [0.1, 0.15) is 0 Å². The van der Waals surface area contributed by atoms with Gasteiger partial charge in [-0.1, -0.05) is 0 Å². The van der Waals surface area contributed by atoms with Crippen molar-refractivity contribution < 1.29 is 4.74 Å². The Balaban J connectivity index is 2.87. The van der Waals surface area contributed by atoms with Crippen molar-refractivity contribution in [2.45, 2.75) is 0 Å². The van der Waals surface area contributed by atoms with E-state index in [0.29, 0.717) is 11.4 Å². The molecule has 5 heteroatoms. The topological polar surface area (TPSA) is 67.9 Å². The number of nitrogens with zero attached hydrogens (tertiary/aromatic N) is 2. The van der Waals surface area contributed by atoms with Crippen LogP contribution in [-0.2, 0) is 0 Å². The van der Waals surface area contributed by atoms with E-state index < -0.39 is 5.69 Å². The number of ether oxygens (including phenoxy) is 1. The number of H-pyrrole nitrogens is 1. The average molecular weight is 177 g/mol. The molecule has 5 nitrogen and oxygen atoms in total. The Morgan fingerprint density at radius 3 is 3.08 bits per heavy atom. The molecule has 0 aromatic carbocycles. The van der Waals surface area contributed by atoms with Gasteiger partial charge in [0, 0.05) is 17.8 Å². The lowest BCUT2D eigenvalue weighted by atomic mass is 10.3. The first kappa shape index (κ1) is 7.72. The summed E-state index contributed by atoms with van der Waals surface area (Å²) < 4.78 is 4.97. The fourth-order valence-corrected chi connectivity index (χ4v) is 1.11. The molecule has 0 aliphatic heterocycles. The summed E-state index contributed by atoms with van der Waals surface area (Å²) in [6, 6.07) is 1.75. The van der Waals surface area contributed by atoms with Gasteiger partial charge in [0.05, 0.1) is 7.11 Å². The van der Waals surface area contributed by atoms with Crippen LogP contribution in [0.2, 0.25) is 0 Å². The molecule has 1 N–H and O–H groups in total. The van der Waals surface area contributed by atoms with Gasteiger partial charge in [0.1, 0.15) is 5.52 Å². The van der Waals surface area contributed by atoms with Gasteiger partial charge in [-0.05, 0) is 6.07 Å². The highest BCUT2D eigenvalue weighted by molar-refractivity contribution is 5.81. The maximum atomic E-state index is 10.9. The number of fused-ring (bicyclic) bond motifs is 1. The number of rotatable bonds is 1. The smallest absolute Gasteiger partial charge is 0.345 e. The van der Waals surface area contributed by atoms with Crippen LogP contribution in [-0.4, -0.2) is 22.1 Å². The van der Waals surface area contributed by atoms with E-state index in [4.69, 9.17) is 4.74 Å². The molecule has 2 heterocycles. The van der Waals surface area contributed by atoms with E-state index in [9.17, 15) is 4.79 Å². The number of methoxy groups -OCH3 is 1. The standard InChI is InChI=1S/C8H7N3O2/c1-13-7-6-5(2-3-9-7)4-10-8(12)11-6/h2-4H,1H3,(H,10,11,12). The predicted octanol–water partition coefficient (Wildman–Crippen LogP) is 0.327. The quantitative estimate of drug-likeness (QED) is 0.681. The van der Waals surface area contributed by atoms with Gasteiger partial charge in [-0.25, -0.2) is 14.8 Å². The van der Waals surface area contributed by atoms with Gasteiger partial charge in [-0.3, -0.25) is 0 Å². The van der Waals surface area contributed by atoms with Crippen LogP contribution in [0.3, 0.4) is 0 Å². The van der Waals surface area contributed by atoms with E-state index in [1.807, 2.05) is 0 Å². The molecular weight excluding hydrogens is 170 g/mol. The Labute approximate surface area is 73.4 Å².